The fourth-order valence-corrected chi connectivity index (χ4v) is 4.63. The summed E-state index contributed by atoms with van der Waals surface area (Å²) in [5.41, 5.74) is 1.41. The number of benzene rings is 1. The van der Waals surface area contributed by atoms with Crippen LogP contribution in [0, 0.1) is 0 Å². The molecule has 7 nitrogen and oxygen atoms in total. The molecule has 3 aliphatic rings. The molecule has 29 heavy (non-hydrogen) atoms. The second-order valence-electron chi connectivity index (χ2n) is 8.69. The zero-order valence-corrected chi connectivity index (χ0v) is 17.0. The molecule has 1 aromatic carbocycles. The van der Waals surface area contributed by atoms with Crippen molar-refractivity contribution in [1.29, 1.82) is 0 Å². The van der Waals surface area contributed by atoms with Gasteiger partial charge in [0.15, 0.2) is 0 Å². The summed E-state index contributed by atoms with van der Waals surface area (Å²) in [5, 5.41) is 15.0. The number of aliphatic hydroxyl groups is 1. The van der Waals surface area contributed by atoms with E-state index in [2.05, 4.69) is 55.2 Å². The molecule has 0 spiro atoms. The number of aromatic nitrogens is 2. The van der Waals surface area contributed by atoms with Gasteiger partial charge in [-0.3, -0.25) is 4.90 Å². The topological polar surface area (TPSA) is 68.9 Å². The first-order chi connectivity index (χ1) is 14.3. The molecule has 2 aliphatic heterocycles. The monoisotopic (exact) mass is 397 g/mol. The first-order valence-electron chi connectivity index (χ1n) is 11.0. The largest absolute Gasteiger partial charge is 0.390 e. The molecule has 7 heteroatoms. The highest BCUT2D eigenvalue weighted by atomic mass is 16.5. The van der Waals surface area contributed by atoms with Crippen LogP contribution < -0.4 is 4.90 Å². The minimum absolute atomic E-state index is 0.234. The maximum atomic E-state index is 10.8. The normalized spacial score (nSPS) is 26.7. The Morgan fingerprint density at radius 1 is 1.00 bits per heavy atom. The lowest BCUT2D eigenvalue weighted by Crippen LogP contribution is -2.59. The van der Waals surface area contributed by atoms with Gasteiger partial charge in [0, 0.05) is 57.8 Å². The van der Waals surface area contributed by atoms with Crippen LogP contribution in [0.15, 0.2) is 34.9 Å². The molecular weight excluding hydrogens is 366 g/mol. The lowest BCUT2D eigenvalue weighted by molar-refractivity contribution is 0.00949. The molecule has 1 saturated carbocycles. The van der Waals surface area contributed by atoms with E-state index in [0.29, 0.717) is 18.4 Å². The van der Waals surface area contributed by atoms with Gasteiger partial charge in [-0.15, -0.1) is 0 Å². The van der Waals surface area contributed by atoms with Gasteiger partial charge in [-0.05, 0) is 36.4 Å². The van der Waals surface area contributed by atoms with Crippen molar-refractivity contribution in [3.05, 3.63) is 41.8 Å². The van der Waals surface area contributed by atoms with Crippen LogP contribution in [0.2, 0.25) is 0 Å². The standard InChI is InChI=1S/C22H31N5O2/c28-20-16-27(22-23-21(29-24-22)18-6-7-18)11-9-19(20)26-14-12-25(13-15-26)10-8-17-4-2-1-3-5-17/h1-5,18-20,28H,6-16H2/t19-,20-/m1/s1. The third-order valence-electron chi connectivity index (χ3n) is 6.62. The SMILES string of the molecule is O[C@@H]1CN(c2noc(C3CC3)n2)CC[C@H]1N1CCN(CCc2ccccc2)CC1. The number of hydrogen-bond donors (Lipinski definition) is 1. The van der Waals surface area contributed by atoms with Crippen LogP contribution in [-0.4, -0.2) is 83.0 Å². The van der Waals surface area contributed by atoms with E-state index in [1.807, 2.05) is 0 Å². The van der Waals surface area contributed by atoms with E-state index in [-0.39, 0.29) is 12.1 Å². The van der Waals surface area contributed by atoms with Gasteiger partial charge >= 0.3 is 0 Å². The lowest BCUT2D eigenvalue weighted by Gasteiger charge is -2.44. The van der Waals surface area contributed by atoms with Gasteiger partial charge in [-0.2, -0.15) is 4.98 Å². The molecule has 2 saturated heterocycles. The molecule has 2 aromatic rings. The van der Waals surface area contributed by atoms with E-state index >= 15 is 0 Å². The quantitative estimate of drug-likeness (QED) is 0.796. The van der Waals surface area contributed by atoms with Crippen LogP contribution >= 0.6 is 0 Å². The number of hydrogen-bond acceptors (Lipinski definition) is 7. The Morgan fingerprint density at radius 3 is 2.52 bits per heavy atom. The van der Waals surface area contributed by atoms with Crippen LogP contribution in [0.5, 0.6) is 0 Å². The van der Waals surface area contributed by atoms with Gasteiger partial charge in [0.05, 0.1) is 6.10 Å². The van der Waals surface area contributed by atoms with Gasteiger partial charge in [-0.25, -0.2) is 0 Å². The van der Waals surface area contributed by atoms with Gasteiger partial charge in [0.25, 0.3) is 5.95 Å². The summed E-state index contributed by atoms with van der Waals surface area (Å²) >= 11 is 0. The van der Waals surface area contributed by atoms with Gasteiger partial charge in [0.2, 0.25) is 5.89 Å². The van der Waals surface area contributed by atoms with Crippen molar-refractivity contribution < 1.29 is 9.63 Å². The van der Waals surface area contributed by atoms with Gasteiger partial charge in [-0.1, -0.05) is 30.3 Å². The summed E-state index contributed by atoms with van der Waals surface area (Å²) in [6, 6.07) is 10.9. The molecule has 1 aliphatic carbocycles. The fraction of sp³-hybridized carbons (Fsp3) is 0.636. The summed E-state index contributed by atoms with van der Waals surface area (Å²) in [4.78, 5) is 11.6. The minimum Gasteiger partial charge on any atom is -0.390 e. The highest BCUT2D eigenvalue weighted by Crippen LogP contribution is 2.39. The third-order valence-corrected chi connectivity index (χ3v) is 6.62. The molecular formula is C22H31N5O2. The maximum Gasteiger partial charge on any atom is 0.266 e. The summed E-state index contributed by atoms with van der Waals surface area (Å²) < 4.78 is 5.39. The Morgan fingerprint density at radius 2 is 1.79 bits per heavy atom. The Bertz CT molecular complexity index is 786. The molecule has 3 fully saturated rings. The highest BCUT2D eigenvalue weighted by molar-refractivity contribution is 5.30. The van der Waals surface area contributed by atoms with Crippen LogP contribution in [0.25, 0.3) is 0 Å². The minimum atomic E-state index is -0.373. The molecule has 0 amide bonds. The third kappa shape index (κ3) is 4.47. The first-order valence-corrected chi connectivity index (χ1v) is 11.0. The molecule has 2 atom stereocenters. The Labute approximate surface area is 172 Å². The van der Waals surface area contributed by atoms with E-state index in [1.165, 1.54) is 5.56 Å². The van der Waals surface area contributed by atoms with E-state index < -0.39 is 0 Å². The maximum absolute atomic E-state index is 10.8. The molecule has 0 radical (unpaired) electrons. The molecule has 5 rings (SSSR count). The van der Waals surface area contributed by atoms with Gasteiger partial charge in [0.1, 0.15) is 0 Å². The van der Waals surface area contributed by atoms with Crippen LogP contribution in [0.3, 0.4) is 0 Å². The number of nitrogens with zero attached hydrogens (tertiary/aromatic N) is 5. The van der Waals surface area contributed by atoms with Crippen molar-refractivity contribution in [2.45, 2.75) is 43.7 Å². The zero-order chi connectivity index (χ0) is 19.6. The smallest absolute Gasteiger partial charge is 0.266 e. The number of aliphatic hydroxyl groups excluding tert-OH is 1. The summed E-state index contributed by atoms with van der Waals surface area (Å²) in [7, 11) is 0. The van der Waals surface area contributed by atoms with E-state index in [4.69, 9.17) is 4.52 Å². The number of β-amino-alcohol motifs (C(OH)–C–C–N with tert-alkyl or cyclic N) is 1. The summed E-state index contributed by atoms with van der Waals surface area (Å²) in [5.74, 6) is 1.88. The highest BCUT2D eigenvalue weighted by Gasteiger charge is 2.36. The average molecular weight is 398 g/mol. The molecule has 3 heterocycles. The second-order valence-corrected chi connectivity index (χ2v) is 8.69. The Balaban J connectivity index is 1.09. The van der Waals surface area contributed by atoms with E-state index in [9.17, 15) is 5.11 Å². The number of rotatable bonds is 6. The molecule has 1 N–H and O–H groups in total. The molecule has 0 unspecified atom stereocenters. The Kier molecular flexibility index (Phi) is 5.52. The lowest BCUT2D eigenvalue weighted by atomic mass is 9.99. The summed E-state index contributed by atoms with van der Waals surface area (Å²) in [6.45, 7) is 6.79. The predicted octanol–water partition coefficient (Wildman–Crippen LogP) is 1.75. The van der Waals surface area contributed by atoms with Crippen molar-refractivity contribution in [2.75, 3.05) is 50.7 Å². The van der Waals surface area contributed by atoms with Gasteiger partial charge < -0.3 is 19.4 Å². The zero-order valence-electron chi connectivity index (χ0n) is 17.0. The van der Waals surface area contributed by atoms with Crippen molar-refractivity contribution >= 4 is 5.95 Å². The van der Waals surface area contributed by atoms with Crippen LogP contribution in [0.1, 0.15) is 36.6 Å². The average Bonchev–Trinajstić information content (AvgIpc) is 3.50. The van der Waals surface area contributed by atoms with Crippen molar-refractivity contribution in [1.82, 2.24) is 19.9 Å². The van der Waals surface area contributed by atoms with E-state index in [1.54, 1.807) is 0 Å². The molecule has 0 bridgehead atoms. The van der Waals surface area contributed by atoms with Crippen molar-refractivity contribution in [2.24, 2.45) is 0 Å². The fourth-order valence-electron chi connectivity index (χ4n) is 4.63. The number of piperidine rings is 1. The van der Waals surface area contributed by atoms with Crippen LogP contribution in [-0.2, 0) is 6.42 Å². The summed E-state index contributed by atoms with van der Waals surface area (Å²) in [6.07, 6.45) is 3.99. The van der Waals surface area contributed by atoms with Crippen molar-refractivity contribution in [3.63, 3.8) is 0 Å². The van der Waals surface area contributed by atoms with Crippen LogP contribution in [0.4, 0.5) is 5.95 Å². The van der Waals surface area contributed by atoms with E-state index in [0.717, 1.165) is 70.8 Å². The molecule has 156 valence electrons. The molecule has 1 aromatic heterocycles. The first kappa shape index (κ1) is 19.0. The number of piperazine rings is 1. The number of anilines is 1. The second kappa shape index (κ2) is 8.42. The van der Waals surface area contributed by atoms with Crippen molar-refractivity contribution in [3.8, 4) is 0 Å². The predicted molar refractivity (Wildman–Crippen MR) is 111 cm³/mol. The Hall–Kier alpha value is -1.96.